The Hall–Kier alpha value is -3.06. The number of aryl methyl sites for hydroxylation is 1. The predicted octanol–water partition coefficient (Wildman–Crippen LogP) is 4.47. The van der Waals surface area contributed by atoms with Crippen LogP contribution in [0.4, 0.5) is 10.8 Å². The van der Waals surface area contributed by atoms with Gasteiger partial charge in [-0.25, -0.2) is 4.98 Å². The number of thiazole rings is 1. The molecule has 0 fully saturated rings. The van der Waals surface area contributed by atoms with Crippen LogP contribution < -0.4 is 5.43 Å². The number of para-hydroxylation sites is 1. The van der Waals surface area contributed by atoms with Gasteiger partial charge in [0.2, 0.25) is 5.13 Å². The predicted molar refractivity (Wildman–Crippen MR) is 96.6 cm³/mol. The normalized spacial score (nSPS) is 10.9. The number of aromatic nitrogens is 1. The molecule has 7 heteroatoms. The molecule has 0 aliphatic carbocycles. The minimum atomic E-state index is -0.430. The van der Waals surface area contributed by atoms with Crippen LogP contribution in [0.15, 0.2) is 59.0 Å². The van der Waals surface area contributed by atoms with E-state index in [0.29, 0.717) is 10.7 Å². The average molecular weight is 338 g/mol. The molecule has 0 spiro atoms. The third-order valence-electron chi connectivity index (χ3n) is 3.35. The number of nitrogens with zero attached hydrogens (tertiary/aromatic N) is 3. The first-order valence-electron chi connectivity index (χ1n) is 7.18. The minimum absolute atomic E-state index is 0.0162. The van der Waals surface area contributed by atoms with Gasteiger partial charge in [0.15, 0.2) is 0 Å². The zero-order valence-corrected chi connectivity index (χ0v) is 13.7. The van der Waals surface area contributed by atoms with E-state index in [4.69, 9.17) is 0 Å². The molecule has 0 amide bonds. The first kappa shape index (κ1) is 15.8. The second-order valence-electron chi connectivity index (χ2n) is 5.09. The van der Waals surface area contributed by atoms with E-state index >= 15 is 0 Å². The van der Waals surface area contributed by atoms with Gasteiger partial charge in [-0.3, -0.25) is 15.5 Å². The number of rotatable bonds is 5. The van der Waals surface area contributed by atoms with E-state index in [1.54, 1.807) is 18.2 Å². The van der Waals surface area contributed by atoms with Crippen LogP contribution in [0.25, 0.3) is 11.3 Å². The number of anilines is 1. The Labute approximate surface area is 142 Å². The van der Waals surface area contributed by atoms with Gasteiger partial charge in [0, 0.05) is 17.0 Å². The molecule has 0 bridgehead atoms. The summed E-state index contributed by atoms with van der Waals surface area (Å²) in [6, 6.07) is 14.5. The largest absolute Gasteiger partial charge is 0.278 e. The lowest BCUT2D eigenvalue weighted by Gasteiger charge is -1.98. The Kier molecular flexibility index (Phi) is 4.62. The summed E-state index contributed by atoms with van der Waals surface area (Å²) in [4.78, 5) is 15.0. The highest BCUT2D eigenvalue weighted by Crippen LogP contribution is 2.25. The molecule has 3 rings (SSSR count). The number of hydrogen-bond acceptors (Lipinski definition) is 6. The van der Waals surface area contributed by atoms with Crippen LogP contribution >= 0.6 is 11.3 Å². The zero-order chi connectivity index (χ0) is 16.9. The molecule has 0 aliphatic heterocycles. The van der Waals surface area contributed by atoms with Crippen molar-refractivity contribution in [2.24, 2.45) is 5.10 Å². The topological polar surface area (TPSA) is 80.4 Å². The average Bonchev–Trinajstić information content (AvgIpc) is 3.05. The molecule has 1 heterocycles. The fourth-order valence-corrected chi connectivity index (χ4v) is 2.77. The summed E-state index contributed by atoms with van der Waals surface area (Å²) in [6.45, 7) is 2.04. The molecule has 0 saturated carbocycles. The molecule has 1 aromatic heterocycles. The van der Waals surface area contributed by atoms with E-state index in [9.17, 15) is 10.1 Å². The van der Waals surface area contributed by atoms with Crippen LogP contribution in [0.5, 0.6) is 0 Å². The standard InChI is InChI=1S/C17H14N4O2S/c1-12-6-8-13(9-7-12)15-11-24-17(19-15)20-18-10-14-4-2-3-5-16(14)21(22)23/h2-11H,1H3,(H,19,20)/b18-10-. The number of nitrogens with one attached hydrogen (secondary N) is 1. The highest BCUT2D eigenvalue weighted by atomic mass is 32.1. The quantitative estimate of drug-likeness (QED) is 0.423. The molecule has 1 N–H and O–H groups in total. The Bertz CT molecular complexity index is 888. The molecule has 0 radical (unpaired) electrons. The lowest BCUT2D eigenvalue weighted by atomic mass is 10.1. The SMILES string of the molecule is Cc1ccc(-c2csc(N/N=C\c3ccccc3[N+](=O)[O-])n2)cc1. The molecule has 0 atom stereocenters. The van der Waals surface area contributed by atoms with Crippen molar-refractivity contribution in [1.29, 1.82) is 0 Å². The first-order valence-corrected chi connectivity index (χ1v) is 8.06. The monoisotopic (exact) mass is 338 g/mol. The third-order valence-corrected chi connectivity index (χ3v) is 4.10. The third kappa shape index (κ3) is 3.64. The van der Waals surface area contributed by atoms with Gasteiger partial charge < -0.3 is 0 Å². The van der Waals surface area contributed by atoms with Crippen LogP contribution in [-0.4, -0.2) is 16.1 Å². The number of nitro groups is 1. The van der Waals surface area contributed by atoms with Crippen molar-refractivity contribution in [2.75, 3.05) is 5.43 Å². The molecular formula is C17H14N4O2S. The van der Waals surface area contributed by atoms with E-state index < -0.39 is 4.92 Å². The Balaban J connectivity index is 1.72. The summed E-state index contributed by atoms with van der Waals surface area (Å²) < 4.78 is 0. The Morgan fingerprint density at radius 2 is 1.96 bits per heavy atom. The maximum atomic E-state index is 11.0. The molecular weight excluding hydrogens is 324 g/mol. The van der Waals surface area contributed by atoms with Crippen LogP contribution in [0.3, 0.4) is 0 Å². The summed E-state index contributed by atoms with van der Waals surface area (Å²) in [6.07, 6.45) is 1.42. The molecule has 0 saturated heterocycles. The van der Waals surface area contributed by atoms with Crippen molar-refractivity contribution in [3.05, 3.63) is 75.2 Å². The van der Waals surface area contributed by atoms with Gasteiger partial charge in [-0.05, 0) is 13.0 Å². The number of hydrazone groups is 1. The van der Waals surface area contributed by atoms with Gasteiger partial charge in [-0.2, -0.15) is 5.10 Å². The van der Waals surface area contributed by atoms with Crippen molar-refractivity contribution >= 4 is 28.4 Å². The van der Waals surface area contributed by atoms with Gasteiger partial charge in [0.1, 0.15) is 0 Å². The zero-order valence-electron chi connectivity index (χ0n) is 12.8. The second kappa shape index (κ2) is 7.01. The summed E-state index contributed by atoms with van der Waals surface area (Å²) in [5.74, 6) is 0. The lowest BCUT2D eigenvalue weighted by Crippen LogP contribution is -1.96. The first-order chi connectivity index (χ1) is 11.6. The molecule has 120 valence electrons. The fraction of sp³-hybridized carbons (Fsp3) is 0.0588. The fourth-order valence-electron chi connectivity index (χ4n) is 2.10. The van der Waals surface area contributed by atoms with Gasteiger partial charge in [0.25, 0.3) is 5.69 Å². The smallest absolute Gasteiger partial charge is 0.258 e. The second-order valence-corrected chi connectivity index (χ2v) is 5.95. The molecule has 2 aromatic carbocycles. The maximum absolute atomic E-state index is 11.0. The molecule has 6 nitrogen and oxygen atoms in total. The summed E-state index contributed by atoms with van der Waals surface area (Å²) >= 11 is 1.42. The van der Waals surface area contributed by atoms with E-state index in [2.05, 4.69) is 15.5 Å². The van der Waals surface area contributed by atoms with E-state index in [0.717, 1.165) is 11.3 Å². The Morgan fingerprint density at radius 1 is 1.21 bits per heavy atom. The van der Waals surface area contributed by atoms with Crippen LogP contribution in [0.2, 0.25) is 0 Å². The van der Waals surface area contributed by atoms with Crippen LogP contribution in [0.1, 0.15) is 11.1 Å². The van der Waals surface area contributed by atoms with Crippen molar-refractivity contribution in [3.63, 3.8) is 0 Å². The molecule has 0 aliphatic rings. The lowest BCUT2D eigenvalue weighted by molar-refractivity contribution is -0.385. The molecule has 0 unspecified atom stereocenters. The summed E-state index contributed by atoms with van der Waals surface area (Å²) in [7, 11) is 0. The number of hydrogen-bond donors (Lipinski definition) is 1. The van der Waals surface area contributed by atoms with Crippen LogP contribution in [-0.2, 0) is 0 Å². The van der Waals surface area contributed by atoms with Crippen molar-refractivity contribution in [1.82, 2.24) is 4.98 Å². The van der Waals surface area contributed by atoms with E-state index in [-0.39, 0.29) is 5.69 Å². The Morgan fingerprint density at radius 3 is 2.71 bits per heavy atom. The summed E-state index contributed by atoms with van der Waals surface area (Å²) in [5.41, 5.74) is 6.36. The van der Waals surface area contributed by atoms with Gasteiger partial charge in [0.05, 0.1) is 22.4 Å². The molecule has 3 aromatic rings. The molecule has 24 heavy (non-hydrogen) atoms. The summed E-state index contributed by atoms with van der Waals surface area (Å²) in [5, 5.41) is 17.6. The van der Waals surface area contributed by atoms with E-state index in [1.165, 1.54) is 29.2 Å². The highest BCUT2D eigenvalue weighted by molar-refractivity contribution is 7.14. The van der Waals surface area contributed by atoms with E-state index in [1.807, 2.05) is 36.6 Å². The van der Waals surface area contributed by atoms with Gasteiger partial charge in [-0.15, -0.1) is 11.3 Å². The highest BCUT2D eigenvalue weighted by Gasteiger charge is 2.10. The van der Waals surface area contributed by atoms with Gasteiger partial charge >= 0.3 is 0 Å². The number of benzene rings is 2. The minimum Gasteiger partial charge on any atom is -0.258 e. The maximum Gasteiger partial charge on any atom is 0.278 e. The van der Waals surface area contributed by atoms with Gasteiger partial charge in [-0.1, -0.05) is 42.0 Å². The van der Waals surface area contributed by atoms with Crippen molar-refractivity contribution in [2.45, 2.75) is 6.92 Å². The van der Waals surface area contributed by atoms with Crippen LogP contribution in [0, 0.1) is 17.0 Å². The van der Waals surface area contributed by atoms with Crippen molar-refractivity contribution < 1.29 is 4.92 Å². The number of nitro benzene ring substituents is 1. The van der Waals surface area contributed by atoms with Crippen molar-refractivity contribution in [3.8, 4) is 11.3 Å².